The molecule has 0 saturated carbocycles. The average molecular weight is 296 g/mol. The molecule has 0 amide bonds. The van der Waals surface area contributed by atoms with Gasteiger partial charge in [-0.1, -0.05) is 18.2 Å². The standard InChI is InChI=1S/C18H20N2O2/c1-13-7-8-16(9-14(13)2)22-11-15(21)10-20-12-19-17-5-3-4-6-18(17)20/h3-9,12,15,21H,10-11H2,1-2H3/t15-/m1/s1. The van der Waals surface area contributed by atoms with Crippen molar-refractivity contribution in [3.8, 4) is 5.75 Å². The first-order valence-electron chi connectivity index (χ1n) is 7.41. The van der Waals surface area contributed by atoms with Crippen LogP contribution in [0.2, 0.25) is 0 Å². The molecule has 1 atom stereocenters. The number of benzene rings is 2. The largest absolute Gasteiger partial charge is 0.491 e. The number of nitrogens with zero attached hydrogens (tertiary/aromatic N) is 2. The van der Waals surface area contributed by atoms with E-state index in [2.05, 4.69) is 18.8 Å². The van der Waals surface area contributed by atoms with Crippen molar-refractivity contribution in [1.82, 2.24) is 9.55 Å². The van der Waals surface area contributed by atoms with Crippen LogP contribution in [0.25, 0.3) is 11.0 Å². The summed E-state index contributed by atoms with van der Waals surface area (Å²) in [4.78, 5) is 4.32. The van der Waals surface area contributed by atoms with Crippen LogP contribution in [0.1, 0.15) is 11.1 Å². The van der Waals surface area contributed by atoms with Gasteiger partial charge >= 0.3 is 0 Å². The second-order valence-corrected chi connectivity index (χ2v) is 5.60. The van der Waals surface area contributed by atoms with Gasteiger partial charge < -0.3 is 14.4 Å². The molecule has 0 fully saturated rings. The fourth-order valence-electron chi connectivity index (χ4n) is 2.43. The summed E-state index contributed by atoms with van der Waals surface area (Å²) in [6.45, 7) is 4.84. The normalized spacial score (nSPS) is 12.5. The molecule has 0 bridgehead atoms. The van der Waals surface area contributed by atoms with Crippen molar-refractivity contribution in [1.29, 1.82) is 0 Å². The fraction of sp³-hybridized carbons (Fsp3) is 0.278. The molecule has 114 valence electrons. The summed E-state index contributed by atoms with van der Waals surface area (Å²) in [6.07, 6.45) is 1.17. The molecule has 2 aromatic carbocycles. The van der Waals surface area contributed by atoms with Crippen LogP contribution in [0.3, 0.4) is 0 Å². The van der Waals surface area contributed by atoms with Crippen molar-refractivity contribution < 1.29 is 9.84 Å². The van der Waals surface area contributed by atoms with Crippen LogP contribution < -0.4 is 4.74 Å². The minimum atomic E-state index is -0.584. The molecule has 0 unspecified atom stereocenters. The number of fused-ring (bicyclic) bond motifs is 1. The third-order valence-electron chi connectivity index (χ3n) is 3.86. The Labute approximate surface area is 130 Å². The summed E-state index contributed by atoms with van der Waals surface area (Å²) in [6, 6.07) is 13.8. The Bertz CT molecular complexity index is 780. The second-order valence-electron chi connectivity index (χ2n) is 5.60. The highest BCUT2D eigenvalue weighted by Gasteiger charge is 2.09. The maximum absolute atomic E-state index is 10.2. The molecule has 0 saturated heterocycles. The van der Waals surface area contributed by atoms with E-state index in [0.29, 0.717) is 6.54 Å². The lowest BCUT2D eigenvalue weighted by Gasteiger charge is -2.14. The van der Waals surface area contributed by atoms with E-state index in [1.165, 1.54) is 11.1 Å². The van der Waals surface area contributed by atoms with Gasteiger partial charge in [0.25, 0.3) is 0 Å². The number of aryl methyl sites for hydroxylation is 2. The SMILES string of the molecule is Cc1ccc(OC[C@H](O)Cn2cnc3ccccc32)cc1C. The molecule has 0 aliphatic heterocycles. The van der Waals surface area contributed by atoms with E-state index < -0.39 is 6.10 Å². The zero-order chi connectivity index (χ0) is 15.5. The van der Waals surface area contributed by atoms with Crippen LogP contribution >= 0.6 is 0 Å². The molecule has 3 rings (SSSR count). The van der Waals surface area contributed by atoms with Gasteiger partial charge in [0, 0.05) is 0 Å². The van der Waals surface area contributed by atoms with Crippen LogP contribution in [0.4, 0.5) is 0 Å². The van der Waals surface area contributed by atoms with Crippen molar-refractivity contribution >= 4 is 11.0 Å². The van der Waals surface area contributed by atoms with E-state index in [0.717, 1.165) is 16.8 Å². The number of aromatic nitrogens is 2. The minimum absolute atomic E-state index is 0.259. The highest BCUT2D eigenvalue weighted by atomic mass is 16.5. The number of hydrogen-bond acceptors (Lipinski definition) is 3. The van der Waals surface area contributed by atoms with Crippen molar-refractivity contribution in [2.75, 3.05) is 6.61 Å². The first kappa shape index (κ1) is 14.6. The Kier molecular flexibility index (Phi) is 4.11. The van der Waals surface area contributed by atoms with Gasteiger partial charge in [0.1, 0.15) is 18.5 Å². The first-order chi connectivity index (χ1) is 10.6. The van der Waals surface area contributed by atoms with Gasteiger partial charge in [0.2, 0.25) is 0 Å². The number of rotatable bonds is 5. The van der Waals surface area contributed by atoms with Gasteiger partial charge in [-0.25, -0.2) is 4.98 Å². The minimum Gasteiger partial charge on any atom is -0.491 e. The Morgan fingerprint density at radius 2 is 1.95 bits per heavy atom. The molecule has 1 N–H and O–H groups in total. The molecule has 0 spiro atoms. The molecule has 0 aliphatic rings. The van der Waals surface area contributed by atoms with E-state index >= 15 is 0 Å². The third kappa shape index (κ3) is 3.12. The average Bonchev–Trinajstić information content (AvgIpc) is 2.92. The summed E-state index contributed by atoms with van der Waals surface area (Å²) in [5.41, 5.74) is 4.38. The van der Waals surface area contributed by atoms with Crippen molar-refractivity contribution in [3.63, 3.8) is 0 Å². The topological polar surface area (TPSA) is 47.3 Å². The smallest absolute Gasteiger partial charge is 0.119 e. The molecular formula is C18H20N2O2. The summed E-state index contributed by atoms with van der Waals surface area (Å²) >= 11 is 0. The molecule has 0 aliphatic carbocycles. The Balaban J connectivity index is 1.62. The van der Waals surface area contributed by atoms with Gasteiger partial charge in [-0.05, 0) is 49.2 Å². The lowest BCUT2D eigenvalue weighted by atomic mass is 10.1. The molecule has 22 heavy (non-hydrogen) atoms. The van der Waals surface area contributed by atoms with Crippen LogP contribution in [0, 0.1) is 13.8 Å². The summed E-state index contributed by atoms with van der Waals surface area (Å²) in [5, 5.41) is 10.2. The maximum atomic E-state index is 10.2. The molecule has 4 nitrogen and oxygen atoms in total. The van der Waals surface area contributed by atoms with E-state index in [4.69, 9.17) is 4.74 Å². The zero-order valence-electron chi connectivity index (χ0n) is 12.9. The molecule has 4 heteroatoms. The molecule has 3 aromatic rings. The molecule has 1 heterocycles. The number of hydrogen-bond donors (Lipinski definition) is 1. The Morgan fingerprint density at radius 3 is 2.77 bits per heavy atom. The van der Waals surface area contributed by atoms with E-state index in [-0.39, 0.29) is 6.61 Å². The lowest BCUT2D eigenvalue weighted by Crippen LogP contribution is -2.23. The highest BCUT2D eigenvalue weighted by molar-refractivity contribution is 5.74. The van der Waals surface area contributed by atoms with Crippen molar-refractivity contribution in [3.05, 3.63) is 59.9 Å². The Hall–Kier alpha value is -2.33. The van der Waals surface area contributed by atoms with Crippen LogP contribution in [-0.4, -0.2) is 27.4 Å². The van der Waals surface area contributed by atoms with Gasteiger partial charge in [-0.3, -0.25) is 0 Å². The monoisotopic (exact) mass is 296 g/mol. The fourth-order valence-corrected chi connectivity index (χ4v) is 2.43. The number of aliphatic hydroxyl groups excluding tert-OH is 1. The third-order valence-corrected chi connectivity index (χ3v) is 3.86. The predicted octanol–water partition coefficient (Wildman–Crippen LogP) is 3.09. The van der Waals surface area contributed by atoms with Gasteiger partial charge in [0.15, 0.2) is 0 Å². The first-order valence-corrected chi connectivity index (χ1v) is 7.41. The number of aliphatic hydroxyl groups is 1. The number of para-hydroxylation sites is 2. The molecule has 0 radical (unpaired) electrons. The van der Waals surface area contributed by atoms with E-state index in [1.807, 2.05) is 47.0 Å². The molecular weight excluding hydrogens is 276 g/mol. The summed E-state index contributed by atoms with van der Waals surface area (Å²) < 4.78 is 7.63. The van der Waals surface area contributed by atoms with Gasteiger partial charge in [-0.15, -0.1) is 0 Å². The number of imidazole rings is 1. The highest BCUT2D eigenvalue weighted by Crippen LogP contribution is 2.17. The summed E-state index contributed by atoms with van der Waals surface area (Å²) in [7, 11) is 0. The van der Waals surface area contributed by atoms with Crippen molar-refractivity contribution in [2.45, 2.75) is 26.5 Å². The second kappa shape index (κ2) is 6.20. The molecule has 1 aromatic heterocycles. The summed E-state index contributed by atoms with van der Waals surface area (Å²) in [5.74, 6) is 0.789. The van der Waals surface area contributed by atoms with Crippen LogP contribution in [0.15, 0.2) is 48.8 Å². The quantitative estimate of drug-likeness (QED) is 0.787. The number of ether oxygens (including phenoxy) is 1. The maximum Gasteiger partial charge on any atom is 0.119 e. The van der Waals surface area contributed by atoms with E-state index in [9.17, 15) is 5.11 Å². The van der Waals surface area contributed by atoms with Gasteiger partial charge in [-0.2, -0.15) is 0 Å². The zero-order valence-corrected chi connectivity index (χ0v) is 12.9. The predicted molar refractivity (Wildman–Crippen MR) is 87.2 cm³/mol. The van der Waals surface area contributed by atoms with E-state index in [1.54, 1.807) is 6.33 Å². The lowest BCUT2D eigenvalue weighted by molar-refractivity contribution is 0.0934. The van der Waals surface area contributed by atoms with Crippen molar-refractivity contribution in [2.24, 2.45) is 0 Å². The van der Waals surface area contributed by atoms with Gasteiger partial charge in [0.05, 0.1) is 23.9 Å². The van der Waals surface area contributed by atoms with Crippen LogP contribution in [-0.2, 0) is 6.54 Å². The Morgan fingerprint density at radius 1 is 1.14 bits per heavy atom. The van der Waals surface area contributed by atoms with Crippen LogP contribution in [0.5, 0.6) is 5.75 Å².